The molecule has 1 fully saturated rings. The highest BCUT2D eigenvalue weighted by Gasteiger charge is 2.10. The van der Waals surface area contributed by atoms with E-state index in [1.165, 1.54) is 32.4 Å². The average Bonchev–Trinajstić information content (AvgIpc) is 2.66. The van der Waals surface area contributed by atoms with Crippen molar-refractivity contribution in [3.05, 3.63) is 24.3 Å². The smallest absolute Gasteiger partial charge is 0.191 e. The van der Waals surface area contributed by atoms with Gasteiger partial charge in [-0.2, -0.15) is 0 Å². The van der Waals surface area contributed by atoms with E-state index in [9.17, 15) is 0 Å². The Balaban J connectivity index is 1.64. The van der Waals surface area contributed by atoms with Gasteiger partial charge in [-0.05, 0) is 57.1 Å². The minimum absolute atomic E-state index is 0.0361. The Kier molecular flexibility index (Phi) is 8.39. The molecule has 6 nitrogen and oxygen atoms in total. The van der Waals surface area contributed by atoms with Gasteiger partial charge in [0.1, 0.15) is 17.6 Å². The number of benzene rings is 1. The summed E-state index contributed by atoms with van der Waals surface area (Å²) in [6, 6.07) is 7.63. The summed E-state index contributed by atoms with van der Waals surface area (Å²) in [5.41, 5.74) is 0. The van der Waals surface area contributed by atoms with Crippen LogP contribution < -0.4 is 20.1 Å². The van der Waals surface area contributed by atoms with Crippen LogP contribution in [0.15, 0.2) is 29.3 Å². The largest absolute Gasteiger partial charge is 0.497 e. The molecule has 6 heteroatoms. The number of hydrogen-bond donors (Lipinski definition) is 2. The molecular weight excluding hydrogens is 316 g/mol. The summed E-state index contributed by atoms with van der Waals surface area (Å²) in [4.78, 5) is 6.79. The standard InChI is InChI=1S/C19H32N4O2/c1-16(25-18-9-7-17(24-3)8-10-18)15-22-19(20-2)21-11-14-23-12-5-4-6-13-23/h7-10,16H,4-6,11-15H2,1-3H3,(H2,20,21,22). The predicted octanol–water partition coefficient (Wildman–Crippen LogP) is 2.11. The summed E-state index contributed by atoms with van der Waals surface area (Å²) in [7, 11) is 3.46. The highest BCUT2D eigenvalue weighted by atomic mass is 16.5. The lowest BCUT2D eigenvalue weighted by atomic mass is 10.1. The zero-order chi connectivity index (χ0) is 17.9. The fourth-order valence-corrected chi connectivity index (χ4v) is 2.90. The molecule has 1 aliphatic heterocycles. The summed E-state index contributed by atoms with van der Waals surface area (Å²) in [5, 5.41) is 6.70. The fraction of sp³-hybridized carbons (Fsp3) is 0.632. The number of aliphatic imine (C=N–C) groups is 1. The van der Waals surface area contributed by atoms with Crippen molar-refractivity contribution in [2.24, 2.45) is 4.99 Å². The van der Waals surface area contributed by atoms with Gasteiger partial charge in [0.05, 0.1) is 13.7 Å². The molecule has 1 aromatic rings. The first-order valence-corrected chi connectivity index (χ1v) is 9.19. The van der Waals surface area contributed by atoms with Crippen LogP contribution >= 0.6 is 0 Å². The predicted molar refractivity (Wildman–Crippen MR) is 103 cm³/mol. The van der Waals surface area contributed by atoms with Gasteiger partial charge in [-0.15, -0.1) is 0 Å². The van der Waals surface area contributed by atoms with E-state index in [-0.39, 0.29) is 6.10 Å². The third-order valence-corrected chi connectivity index (χ3v) is 4.35. The van der Waals surface area contributed by atoms with Crippen LogP contribution in [0.25, 0.3) is 0 Å². The molecule has 0 aromatic heterocycles. The Hall–Kier alpha value is -1.95. The first-order chi connectivity index (χ1) is 12.2. The van der Waals surface area contributed by atoms with Gasteiger partial charge in [0.15, 0.2) is 5.96 Å². The quantitative estimate of drug-likeness (QED) is 0.557. The van der Waals surface area contributed by atoms with Crippen molar-refractivity contribution in [1.29, 1.82) is 0 Å². The van der Waals surface area contributed by atoms with Crippen molar-refractivity contribution < 1.29 is 9.47 Å². The minimum atomic E-state index is 0.0361. The number of methoxy groups -OCH3 is 1. The Morgan fingerprint density at radius 2 is 1.80 bits per heavy atom. The number of hydrogen-bond acceptors (Lipinski definition) is 4. The molecule has 0 amide bonds. The van der Waals surface area contributed by atoms with E-state index in [1.807, 2.05) is 31.2 Å². The maximum absolute atomic E-state index is 5.90. The minimum Gasteiger partial charge on any atom is -0.497 e. The van der Waals surface area contributed by atoms with E-state index in [0.717, 1.165) is 30.5 Å². The second-order valence-electron chi connectivity index (χ2n) is 6.39. The number of guanidine groups is 1. The summed E-state index contributed by atoms with van der Waals surface area (Å²) in [6.07, 6.45) is 4.06. The third-order valence-electron chi connectivity index (χ3n) is 4.35. The third kappa shape index (κ3) is 7.22. The van der Waals surface area contributed by atoms with E-state index in [1.54, 1.807) is 14.2 Å². The van der Waals surface area contributed by atoms with Crippen molar-refractivity contribution in [2.45, 2.75) is 32.3 Å². The van der Waals surface area contributed by atoms with Gasteiger partial charge < -0.3 is 25.0 Å². The molecule has 0 spiro atoms. The van der Waals surface area contributed by atoms with Crippen LogP contribution in [0.1, 0.15) is 26.2 Å². The number of piperidine rings is 1. The first-order valence-electron chi connectivity index (χ1n) is 9.19. The normalized spacial score (nSPS) is 17.0. The fourth-order valence-electron chi connectivity index (χ4n) is 2.90. The molecule has 2 N–H and O–H groups in total. The van der Waals surface area contributed by atoms with Crippen LogP contribution in [-0.2, 0) is 0 Å². The van der Waals surface area contributed by atoms with Crippen molar-refractivity contribution in [3.63, 3.8) is 0 Å². The van der Waals surface area contributed by atoms with Gasteiger partial charge >= 0.3 is 0 Å². The van der Waals surface area contributed by atoms with Gasteiger partial charge in [0, 0.05) is 20.1 Å². The van der Waals surface area contributed by atoms with E-state index >= 15 is 0 Å². The van der Waals surface area contributed by atoms with Crippen LogP contribution in [0.3, 0.4) is 0 Å². The summed E-state index contributed by atoms with van der Waals surface area (Å²) < 4.78 is 11.1. The van der Waals surface area contributed by atoms with Crippen molar-refractivity contribution in [2.75, 3.05) is 46.9 Å². The van der Waals surface area contributed by atoms with Gasteiger partial charge in [-0.3, -0.25) is 4.99 Å². The monoisotopic (exact) mass is 348 g/mol. The highest BCUT2D eigenvalue weighted by molar-refractivity contribution is 5.79. The first kappa shape index (κ1) is 19.4. The molecule has 0 aliphatic carbocycles. The molecule has 2 rings (SSSR count). The molecule has 1 atom stereocenters. The average molecular weight is 348 g/mol. The maximum atomic E-state index is 5.90. The summed E-state index contributed by atoms with van der Waals surface area (Å²) in [6.45, 7) is 7.15. The number of likely N-dealkylation sites (tertiary alicyclic amines) is 1. The van der Waals surface area contributed by atoms with Gasteiger partial charge in [-0.1, -0.05) is 6.42 Å². The molecular formula is C19H32N4O2. The van der Waals surface area contributed by atoms with Gasteiger partial charge in [-0.25, -0.2) is 0 Å². The highest BCUT2D eigenvalue weighted by Crippen LogP contribution is 2.17. The zero-order valence-electron chi connectivity index (χ0n) is 15.8. The molecule has 1 heterocycles. The number of rotatable bonds is 8. The lowest BCUT2D eigenvalue weighted by Gasteiger charge is -2.26. The van der Waals surface area contributed by atoms with Gasteiger partial charge in [0.2, 0.25) is 0 Å². The molecule has 0 saturated carbocycles. The molecule has 0 bridgehead atoms. The molecule has 1 unspecified atom stereocenters. The number of ether oxygens (including phenoxy) is 2. The van der Waals surface area contributed by atoms with E-state index in [2.05, 4.69) is 20.5 Å². The van der Waals surface area contributed by atoms with Crippen LogP contribution in [0.4, 0.5) is 0 Å². The van der Waals surface area contributed by atoms with Crippen LogP contribution in [0, 0.1) is 0 Å². The van der Waals surface area contributed by atoms with Crippen molar-refractivity contribution in [3.8, 4) is 11.5 Å². The van der Waals surface area contributed by atoms with E-state index in [4.69, 9.17) is 9.47 Å². The van der Waals surface area contributed by atoms with E-state index in [0.29, 0.717) is 6.54 Å². The number of nitrogens with one attached hydrogen (secondary N) is 2. The Morgan fingerprint density at radius 3 is 2.44 bits per heavy atom. The lowest BCUT2D eigenvalue weighted by molar-refractivity contribution is 0.222. The lowest BCUT2D eigenvalue weighted by Crippen LogP contribution is -2.45. The van der Waals surface area contributed by atoms with Crippen LogP contribution in [0.2, 0.25) is 0 Å². The van der Waals surface area contributed by atoms with E-state index < -0.39 is 0 Å². The SMILES string of the molecule is CN=C(NCCN1CCCCC1)NCC(C)Oc1ccc(OC)cc1. The topological polar surface area (TPSA) is 58.1 Å². The molecule has 1 aliphatic rings. The van der Waals surface area contributed by atoms with Crippen LogP contribution in [0.5, 0.6) is 11.5 Å². The Labute approximate surface area is 151 Å². The molecule has 1 saturated heterocycles. The zero-order valence-corrected chi connectivity index (χ0v) is 15.8. The van der Waals surface area contributed by atoms with Crippen molar-refractivity contribution in [1.82, 2.24) is 15.5 Å². The second kappa shape index (κ2) is 10.8. The number of nitrogens with zero attached hydrogens (tertiary/aromatic N) is 2. The van der Waals surface area contributed by atoms with Crippen molar-refractivity contribution >= 4 is 5.96 Å². The Morgan fingerprint density at radius 1 is 1.12 bits per heavy atom. The van der Waals surface area contributed by atoms with Crippen LogP contribution in [-0.4, -0.2) is 63.8 Å². The Bertz CT molecular complexity index is 513. The van der Waals surface area contributed by atoms with Gasteiger partial charge in [0.25, 0.3) is 0 Å². The maximum Gasteiger partial charge on any atom is 0.191 e. The second-order valence-corrected chi connectivity index (χ2v) is 6.39. The summed E-state index contributed by atoms with van der Waals surface area (Å²) >= 11 is 0. The molecule has 1 aromatic carbocycles. The molecule has 25 heavy (non-hydrogen) atoms. The molecule has 140 valence electrons. The molecule has 0 radical (unpaired) electrons. The summed E-state index contributed by atoms with van der Waals surface area (Å²) in [5.74, 6) is 2.49.